The first-order chi connectivity index (χ1) is 11.5. The van der Waals surface area contributed by atoms with Crippen LogP contribution in [-0.4, -0.2) is 67.5 Å². The van der Waals surface area contributed by atoms with Crippen molar-refractivity contribution in [3.05, 3.63) is 23.9 Å². The fraction of sp³-hybridized carbons (Fsp3) is 0.688. The molecule has 0 aliphatic carbocycles. The van der Waals surface area contributed by atoms with E-state index in [2.05, 4.69) is 9.88 Å². The summed E-state index contributed by atoms with van der Waals surface area (Å²) in [6.07, 6.45) is -3.05. The third kappa shape index (κ3) is 3.81. The van der Waals surface area contributed by atoms with E-state index in [4.69, 9.17) is 4.74 Å². The van der Waals surface area contributed by atoms with Gasteiger partial charge in [-0.1, -0.05) is 0 Å². The summed E-state index contributed by atoms with van der Waals surface area (Å²) in [5.74, 6) is 0.0417. The van der Waals surface area contributed by atoms with Gasteiger partial charge in [0.2, 0.25) is 0 Å². The molecule has 0 bridgehead atoms. The van der Waals surface area contributed by atoms with Gasteiger partial charge in [-0.15, -0.1) is 0 Å². The Morgan fingerprint density at radius 1 is 1.21 bits per heavy atom. The second-order valence-electron chi connectivity index (χ2n) is 6.39. The Kier molecular flexibility index (Phi) is 5.27. The topological polar surface area (TPSA) is 48.8 Å². The number of hydrogen-bond donors (Lipinski definition) is 1. The van der Waals surface area contributed by atoms with Gasteiger partial charge in [-0.2, -0.15) is 13.2 Å². The van der Waals surface area contributed by atoms with Gasteiger partial charge in [-0.05, 0) is 18.1 Å². The predicted octanol–water partition coefficient (Wildman–Crippen LogP) is 1.48. The van der Waals surface area contributed by atoms with E-state index in [9.17, 15) is 18.3 Å². The average molecular weight is 345 g/mol. The fourth-order valence-electron chi connectivity index (χ4n) is 3.51. The second kappa shape index (κ2) is 7.25. The highest BCUT2D eigenvalue weighted by molar-refractivity contribution is 5.49. The van der Waals surface area contributed by atoms with Crippen molar-refractivity contribution in [2.45, 2.75) is 6.18 Å². The minimum absolute atomic E-state index is 0.0281. The Balaban J connectivity index is 1.74. The lowest BCUT2D eigenvalue weighted by Gasteiger charge is -2.30. The van der Waals surface area contributed by atoms with E-state index < -0.39 is 11.7 Å². The fourth-order valence-corrected chi connectivity index (χ4v) is 3.51. The van der Waals surface area contributed by atoms with Gasteiger partial charge in [0.25, 0.3) is 0 Å². The molecule has 0 unspecified atom stereocenters. The third-order valence-corrected chi connectivity index (χ3v) is 4.80. The van der Waals surface area contributed by atoms with Crippen LogP contribution in [0.15, 0.2) is 18.3 Å². The molecule has 8 heteroatoms. The Labute approximate surface area is 139 Å². The zero-order valence-corrected chi connectivity index (χ0v) is 13.4. The van der Waals surface area contributed by atoms with Crippen LogP contribution in [-0.2, 0) is 10.9 Å². The lowest BCUT2D eigenvalue weighted by molar-refractivity contribution is -0.137. The van der Waals surface area contributed by atoms with Gasteiger partial charge in [0, 0.05) is 51.4 Å². The van der Waals surface area contributed by atoms with Crippen LogP contribution in [0, 0.1) is 11.8 Å². The molecule has 2 atom stereocenters. The van der Waals surface area contributed by atoms with E-state index in [0.29, 0.717) is 26.3 Å². The van der Waals surface area contributed by atoms with E-state index in [1.807, 2.05) is 0 Å². The number of hydrogen-bond acceptors (Lipinski definition) is 5. The predicted molar refractivity (Wildman–Crippen MR) is 82.8 cm³/mol. The molecule has 0 saturated carbocycles. The first kappa shape index (κ1) is 17.4. The average Bonchev–Trinajstić information content (AvgIpc) is 2.98. The number of aliphatic hydroxyl groups is 1. The van der Waals surface area contributed by atoms with Crippen LogP contribution in [0.5, 0.6) is 0 Å². The molecular formula is C16H22F3N3O2. The van der Waals surface area contributed by atoms with Crippen LogP contribution in [0.1, 0.15) is 5.56 Å². The monoisotopic (exact) mass is 345 g/mol. The minimum Gasteiger partial charge on any atom is -0.396 e. The number of rotatable bonds is 4. The summed E-state index contributed by atoms with van der Waals surface area (Å²) in [5.41, 5.74) is -0.714. The Hall–Kier alpha value is -1.38. The molecule has 2 fully saturated rings. The van der Waals surface area contributed by atoms with Crippen LogP contribution in [0.4, 0.5) is 19.0 Å². The first-order valence-corrected chi connectivity index (χ1v) is 8.17. The first-order valence-electron chi connectivity index (χ1n) is 8.17. The molecule has 24 heavy (non-hydrogen) atoms. The minimum atomic E-state index is -4.43. The normalized spacial score (nSPS) is 26.1. The highest BCUT2D eigenvalue weighted by Crippen LogP contribution is 2.38. The molecule has 1 aromatic heterocycles. The van der Waals surface area contributed by atoms with Gasteiger partial charge < -0.3 is 14.7 Å². The van der Waals surface area contributed by atoms with Crippen molar-refractivity contribution in [1.29, 1.82) is 0 Å². The second-order valence-corrected chi connectivity index (χ2v) is 6.39. The number of morpholine rings is 1. The number of aromatic nitrogens is 1. The molecule has 0 radical (unpaired) electrons. The molecule has 2 aliphatic heterocycles. The van der Waals surface area contributed by atoms with Crippen molar-refractivity contribution in [3.63, 3.8) is 0 Å². The zero-order valence-electron chi connectivity index (χ0n) is 13.4. The molecule has 0 aromatic carbocycles. The smallest absolute Gasteiger partial charge is 0.396 e. The van der Waals surface area contributed by atoms with Gasteiger partial charge in [0.05, 0.1) is 18.8 Å². The number of ether oxygens (including phenoxy) is 1. The highest BCUT2D eigenvalue weighted by atomic mass is 19.4. The van der Waals surface area contributed by atoms with Crippen LogP contribution < -0.4 is 4.90 Å². The molecular weight excluding hydrogens is 323 g/mol. The summed E-state index contributed by atoms with van der Waals surface area (Å²) >= 11 is 0. The third-order valence-electron chi connectivity index (χ3n) is 4.80. The summed E-state index contributed by atoms with van der Waals surface area (Å²) in [6, 6.07) is 2.36. The van der Waals surface area contributed by atoms with E-state index in [0.717, 1.165) is 25.7 Å². The molecule has 0 spiro atoms. The number of aliphatic hydroxyl groups excluding tert-OH is 1. The van der Waals surface area contributed by atoms with E-state index in [-0.39, 0.29) is 24.3 Å². The van der Waals surface area contributed by atoms with Gasteiger partial charge in [0.1, 0.15) is 5.82 Å². The van der Waals surface area contributed by atoms with Gasteiger partial charge in [-0.3, -0.25) is 4.90 Å². The molecule has 0 amide bonds. The zero-order chi connectivity index (χ0) is 17.2. The molecule has 134 valence electrons. The number of alkyl halides is 3. The lowest BCUT2D eigenvalue weighted by atomic mass is 9.96. The molecule has 3 heterocycles. The molecule has 5 nitrogen and oxygen atoms in total. The van der Waals surface area contributed by atoms with Crippen LogP contribution >= 0.6 is 0 Å². The molecule has 1 N–H and O–H groups in total. The van der Waals surface area contributed by atoms with E-state index in [1.54, 1.807) is 4.90 Å². The van der Waals surface area contributed by atoms with Crippen LogP contribution in [0.25, 0.3) is 0 Å². The van der Waals surface area contributed by atoms with Gasteiger partial charge >= 0.3 is 6.18 Å². The lowest BCUT2D eigenvalue weighted by Crippen LogP contribution is -2.41. The van der Waals surface area contributed by atoms with Crippen molar-refractivity contribution < 1.29 is 23.0 Å². The van der Waals surface area contributed by atoms with Crippen LogP contribution in [0.2, 0.25) is 0 Å². The standard InChI is InChI=1S/C16H22F3N3O2/c17-16(18,19)14-2-1-3-20-15(14)22-9-12(13(10-22)11-23)8-21-4-6-24-7-5-21/h1-3,12-13,23H,4-11H2/t12-,13-/m0/s1. The largest absolute Gasteiger partial charge is 0.419 e. The maximum Gasteiger partial charge on any atom is 0.419 e. The van der Waals surface area contributed by atoms with Crippen LogP contribution in [0.3, 0.4) is 0 Å². The van der Waals surface area contributed by atoms with Crippen molar-refractivity contribution in [3.8, 4) is 0 Å². The van der Waals surface area contributed by atoms with Crippen molar-refractivity contribution >= 4 is 5.82 Å². The highest BCUT2D eigenvalue weighted by Gasteiger charge is 2.40. The van der Waals surface area contributed by atoms with Crippen molar-refractivity contribution in [2.24, 2.45) is 11.8 Å². The summed E-state index contributed by atoms with van der Waals surface area (Å²) in [6.45, 7) is 4.61. The van der Waals surface area contributed by atoms with E-state index in [1.165, 1.54) is 12.3 Å². The number of anilines is 1. The molecule has 1 aromatic rings. The summed E-state index contributed by atoms with van der Waals surface area (Å²) in [7, 11) is 0. The Morgan fingerprint density at radius 3 is 2.58 bits per heavy atom. The molecule has 3 rings (SSSR count). The molecule has 2 aliphatic rings. The quantitative estimate of drug-likeness (QED) is 0.896. The SMILES string of the molecule is OC[C@@H]1CN(c2ncccc2C(F)(F)F)C[C@@H]1CN1CCOCC1. The number of nitrogens with zero attached hydrogens (tertiary/aromatic N) is 3. The maximum atomic E-state index is 13.2. The Morgan fingerprint density at radius 2 is 1.92 bits per heavy atom. The summed E-state index contributed by atoms with van der Waals surface area (Å²) in [5, 5.41) is 9.65. The van der Waals surface area contributed by atoms with Gasteiger partial charge in [0.15, 0.2) is 0 Å². The number of pyridine rings is 1. The Bertz CT molecular complexity index is 550. The van der Waals surface area contributed by atoms with Crippen molar-refractivity contribution in [1.82, 2.24) is 9.88 Å². The maximum absolute atomic E-state index is 13.2. The summed E-state index contributed by atoms with van der Waals surface area (Å²) < 4.78 is 45.0. The van der Waals surface area contributed by atoms with Crippen molar-refractivity contribution in [2.75, 3.05) is 57.4 Å². The van der Waals surface area contributed by atoms with Gasteiger partial charge in [-0.25, -0.2) is 4.98 Å². The van der Waals surface area contributed by atoms with E-state index >= 15 is 0 Å². The number of halogens is 3. The molecule has 2 saturated heterocycles. The summed E-state index contributed by atoms with van der Waals surface area (Å²) in [4.78, 5) is 7.88.